The SMILES string of the molecule is CC(C)=C1CC[C@@]2(C)C/C=C(\C)CC/C=C(\C)CC[C@H]12. The molecule has 0 spiro atoms. The van der Waals surface area contributed by atoms with Crippen molar-refractivity contribution in [2.75, 3.05) is 0 Å². The molecule has 2 atom stereocenters. The Kier molecular flexibility index (Phi) is 4.94. The molecule has 0 heterocycles. The molecule has 1 saturated carbocycles. The van der Waals surface area contributed by atoms with Crippen LogP contribution in [0.1, 0.15) is 79.6 Å². The molecule has 0 heteroatoms. The van der Waals surface area contributed by atoms with Crippen molar-refractivity contribution in [2.24, 2.45) is 11.3 Å². The highest BCUT2D eigenvalue weighted by molar-refractivity contribution is 5.23. The van der Waals surface area contributed by atoms with E-state index in [1.165, 1.54) is 44.9 Å². The van der Waals surface area contributed by atoms with Crippen LogP contribution >= 0.6 is 0 Å². The standard InChI is InChI=1S/C20H32/c1-15(2)18-12-14-20(5)13-11-17(4)8-6-7-16(3)9-10-19(18)20/h7,11,19H,6,8-10,12-14H2,1-5H3/b16-7+,17-11+/t19-,20-/m1/s1. The quantitative estimate of drug-likeness (QED) is 0.436. The Morgan fingerprint density at radius 2 is 1.75 bits per heavy atom. The fourth-order valence-electron chi connectivity index (χ4n) is 4.08. The van der Waals surface area contributed by atoms with E-state index in [9.17, 15) is 0 Å². The van der Waals surface area contributed by atoms with Gasteiger partial charge in [0.05, 0.1) is 0 Å². The van der Waals surface area contributed by atoms with Crippen LogP contribution in [-0.4, -0.2) is 0 Å². The fraction of sp³-hybridized carbons (Fsp3) is 0.700. The third kappa shape index (κ3) is 3.45. The van der Waals surface area contributed by atoms with Crippen LogP contribution in [0.25, 0.3) is 0 Å². The van der Waals surface area contributed by atoms with E-state index in [0.29, 0.717) is 5.41 Å². The molecule has 0 aromatic carbocycles. The summed E-state index contributed by atoms with van der Waals surface area (Å²) in [6.07, 6.45) is 14.1. The number of rotatable bonds is 0. The third-order valence-corrected chi connectivity index (χ3v) is 5.65. The lowest BCUT2D eigenvalue weighted by molar-refractivity contribution is 0.238. The summed E-state index contributed by atoms with van der Waals surface area (Å²) < 4.78 is 0. The van der Waals surface area contributed by atoms with Crippen LogP contribution in [0.4, 0.5) is 0 Å². The van der Waals surface area contributed by atoms with E-state index in [2.05, 4.69) is 46.8 Å². The predicted molar refractivity (Wildman–Crippen MR) is 89.8 cm³/mol. The minimum Gasteiger partial charge on any atom is -0.0853 e. The minimum atomic E-state index is 0.498. The van der Waals surface area contributed by atoms with Crippen molar-refractivity contribution in [2.45, 2.75) is 79.6 Å². The van der Waals surface area contributed by atoms with Crippen molar-refractivity contribution in [3.8, 4) is 0 Å². The molecule has 0 amide bonds. The first-order valence-corrected chi connectivity index (χ1v) is 8.40. The summed E-state index contributed by atoms with van der Waals surface area (Å²) >= 11 is 0. The van der Waals surface area contributed by atoms with E-state index in [4.69, 9.17) is 0 Å². The molecule has 0 aromatic heterocycles. The molecule has 0 aliphatic heterocycles. The molecule has 0 aromatic rings. The first-order chi connectivity index (χ1) is 9.42. The average Bonchev–Trinajstić information content (AvgIpc) is 2.70. The topological polar surface area (TPSA) is 0 Å². The molecular formula is C20H32. The van der Waals surface area contributed by atoms with Crippen LogP contribution in [0.15, 0.2) is 34.4 Å². The monoisotopic (exact) mass is 272 g/mol. The van der Waals surface area contributed by atoms with Crippen molar-refractivity contribution in [1.82, 2.24) is 0 Å². The Morgan fingerprint density at radius 1 is 1.05 bits per heavy atom. The smallest absolute Gasteiger partial charge is 0.0141 e. The van der Waals surface area contributed by atoms with Gasteiger partial charge < -0.3 is 0 Å². The largest absolute Gasteiger partial charge is 0.0853 e. The molecule has 0 radical (unpaired) electrons. The molecule has 0 unspecified atom stereocenters. The van der Waals surface area contributed by atoms with Crippen molar-refractivity contribution >= 4 is 0 Å². The van der Waals surface area contributed by atoms with Gasteiger partial charge in [-0.15, -0.1) is 0 Å². The molecule has 20 heavy (non-hydrogen) atoms. The number of hydrogen-bond acceptors (Lipinski definition) is 0. The summed E-state index contributed by atoms with van der Waals surface area (Å²) in [5.74, 6) is 0.804. The van der Waals surface area contributed by atoms with Crippen LogP contribution in [0.3, 0.4) is 0 Å². The van der Waals surface area contributed by atoms with Crippen LogP contribution in [-0.2, 0) is 0 Å². The van der Waals surface area contributed by atoms with Gasteiger partial charge in [0.25, 0.3) is 0 Å². The zero-order valence-corrected chi connectivity index (χ0v) is 14.2. The van der Waals surface area contributed by atoms with Gasteiger partial charge in [-0.1, -0.05) is 41.4 Å². The van der Waals surface area contributed by atoms with Gasteiger partial charge in [-0.2, -0.15) is 0 Å². The second kappa shape index (κ2) is 6.33. The van der Waals surface area contributed by atoms with Crippen molar-refractivity contribution in [1.29, 1.82) is 0 Å². The van der Waals surface area contributed by atoms with E-state index in [-0.39, 0.29) is 0 Å². The second-order valence-corrected chi connectivity index (χ2v) is 7.61. The highest BCUT2D eigenvalue weighted by Crippen LogP contribution is 2.52. The molecule has 2 aliphatic carbocycles. The third-order valence-electron chi connectivity index (χ3n) is 5.65. The second-order valence-electron chi connectivity index (χ2n) is 7.61. The maximum atomic E-state index is 2.54. The Bertz CT molecular complexity index is 443. The summed E-state index contributed by atoms with van der Waals surface area (Å²) in [7, 11) is 0. The lowest BCUT2D eigenvalue weighted by Gasteiger charge is -2.32. The summed E-state index contributed by atoms with van der Waals surface area (Å²) in [6, 6.07) is 0. The fourth-order valence-corrected chi connectivity index (χ4v) is 4.08. The van der Waals surface area contributed by atoms with E-state index in [0.717, 1.165) is 5.92 Å². The number of hydrogen-bond donors (Lipinski definition) is 0. The van der Waals surface area contributed by atoms with Gasteiger partial charge in [0.2, 0.25) is 0 Å². The molecule has 112 valence electrons. The Hall–Kier alpha value is -0.780. The van der Waals surface area contributed by atoms with Gasteiger partial charge in [0.15, 0.2) is 0 Å². The lowest BCUT2D eigenvalue weighted by Crippen LogP contribution is -2.22. The van der Waals surface area contributed by atoms with E-state index in [1.54, 1.807) is 22.3 Å². The van der Waals surface area contributed by atoms with E-state index < -0.39 is 0 Å². The predicted octanol–water partition coefficient (Wildman–Crippen LogP) is 6.60. The molecule has 0 nitrogen and oxygen atoms in total. The van der Waals surface area contributed by atoms with Gasteiger partial charge in [0.1, 0.15) is 0 Å². The van der Waals surface area contributed by atoms with Crippen LogP contribution in [0.5, 0.6) is 0 Å². The Balaban J connectivity index is 2.31. The van der Waals surface area contributed by atoms with E-state index in [1.807, 2.05) is 0 Å². The summed E-state index contributed by atoms with van der Waals surface area (Å²) in [5.41, 5.74) is 7.03. The zero-order valence-electron chi connectivity index (χ0n) is 14.2. The minimum absolute atomic E-state index is 0.498. The summed E-state index contributed by atoms with van der Waals surface area (Å²) in [6.45, 7) is 11.8. The summed E-state index contributed by atoms with van der Waals surface area (Å²) in [4.78, 5) is 0. The Labute approximate surface area is 126 Å². The first-order valence-electron chi connectivity index (χ1n) is 8.40. The van der Waals surface area contributed by atoms with Crippen LogP contribution in [0, 0.1) is 11.3 Å². The average molecular weight is 272 g/mol. The lowest BCUT2D eigenvalue weighted by atomic mass is 9.72. The highest BCUT2D eigenvalue weighted by atomic mass is 14.5. The normalized spacial score (nSPS) is 37.2. The van der Waals surface area contributed by atoms with Gasteiger partial charge >= 0.3 is 0 Å². The van der Waals surface area contributed by atoms with E-state index >= 15 is 0 Å². The summed E-state index contributed by atoms with van der Waals surface area (Å²) in [5, 5.41) is 0. The maximum Gasteiger partial charge on any atom is -0.0141 e. The van der Waals surface area contributed by atoms with Crippen molar-refractivity contribution in [3.05, 3.63) is 34.4 Å². The first kappa shape index (κ1) is 15.6. The van der Waals surface area contributed by atoms with Crippen molar-refractivity contribution in [3.63, 3.8) is 0 Å². The highest BCUT2D eigenvalue weighted by Gasteiger charge is 2.40. The molecule has 1 fully saturated rings. The van der Waals surface area contributed by atoms with Gasteiger partial charge in [-0.3, -0.25) is 0 Å². The number of allylic oxidation sites excluding steroid dienone is 6. The molecule has 0 N–H and O–H groups in total. The van der Waals surface area contributed by atoms with Gasteiger partial charge in [-0.25, -0.2) is 0 Å². The van der Waals surface area contributed by atoms with Crippen LogP contribution < -0.4 is 0 Å². The van der Waals surface area contributed by atoms with Crippen LogP contribution in [0.2, 0.25) is 0 Å². The zero-order chi connectivity index (χ0) is 14.8. The number of fused-ring (bicyclic) bond motifs is 1. The van der Waals surface area contributed by atoms with Gasteiger partial charge in [0, 0.05) is 0 Å². The molecule has 0 bridgehead atoms. The molecular weight excluding hydrogens is 240 g/mol. The molecule has 0 saturated heterocycles. The molecule has 2 aliphatic rings. The van der Waals surface area contributed by atoms with Gasteiger partial charge in [-0.05, 0) is 84.0 Å². The Morgan fingerprint density at radius 3 is 2.45 bits per heavy atom. The maximum absolute atomic E-state index is 2.54. The molecule has 2 rings (SSSR count). The van der Waals surface area contributed by atoms with Crippen molar-refractivity contribution < 1.29 is 0 Å².